The van der Waals surface area contributed by atoms with Gasteiger partial charge in [0.05, 0.1) is 0 Å². The molecule has 0 bridgehead atoms. The maximum Gasteiger partial charge on any atom is 0.488 e. The zero-order chi connectivity index (χ0) is 15.7. The van der Waals surface area contributed by atoms with E-state index >= 15 is 0 Å². The van der Waals surface area contributed by atoms with Crippen LogP contribution in [-0.4, -0.2) is 8.42 Å². The van der Waals surface area contributed by atoms with Gasteiger partial charge in [-0.2, -0.15) is 8.42 Å². The molecule has 0 aliphatic carbocycles. The van der Waals surface area contributed by atoms with E-state index in [1.165, 1.54) is 24.3 Å². The van der Waals surface area contributed by atoms with Crippen molar-refractivity contribution in [1.82, 2.24) is 0 Å². The predicted octanol–water partition coefficient (Wildman–Crippen LogP) is 3.74. The smallest absolute Gasteiger partial charge is 0.358 e. The average Bonchev–Trinajstić information content (AvgIpc) is 2.38. The summed E-state index contributed by atoms with van der Waals surface area (Å²) in [6.07, 6.45) is 0. The van der Waals surface area contributed by atoms with Gasteiger partial charge in [0.1, 0.15) is 11.6 Å². The fourth-order valence-electron chi connectivity index (χ4n) is 2.08. The molecule has 0 unspecified atom stereocenters. The molecule has 0 fully saturated rings. The van der Waals surface area contributed by atoms with Gasteiger partial charge in [-0.15, -0.1) is 0 Å². The van der Waals surface area contributed by atoms with Gasteiger partial charge in [-0.1, -0.05) is 42.0 Å². The van der Waals surface area contributed by atoms with E-state index in [9.17, 15) is 16.7 Å². The van der Waals surface area contributed by atoms with Crippen LogP contribution in [0.1, 0.15) is 25.0 Å². The van der Waals surface area contributed by atoms with Crippen molar-refractivity contribution in [3.05, 3.63) is 65.5 Å². The summed E-state index contributed by atoms with van der Waals surface area (Å²) in [7, 11) is -5.02. The van der Waals surface area contributed by atoms with Crippen LogP contribution in [0.2, 0.25) is 0 Å². The number of hydrogen-bond acceptors (Lipinski definition) is 3. The second kappa shape index (κ2) is 5.44. The molecule has 3 nitrogen and oxygen atoms in total. The van der Waals surface area contributed by atoms with Gasteiger partial charge in [-0.05, 0) is 35.4 Å². The maximum atomic E-state index is 13.0. The minimum Gasteiger partial charge on any atom is -0.358 e. The zero-order valence-corrected chi connectivity index (χ0v) is 12.3. The minimum atomic E-state index is -5.02. The number of hydrogen-bond donors (Lipinski definition) is 0. The van der Waals surface area contributed by atoms with Crippen molar-refractivity contribution in [3.63, 3.8) is 0 Å². The largest absolute Gasteiger partial charge is 0.488 e. The molecule has 0 saturated heterocycles. The van der Waals surface area contributed by atoms with E-state index in [0.29, 0.717) is 0 Å². The van der Waals surface area contributed by atoms with Crippen LogP contribution >= 0.6 is 0 Å². The SMILES string of the molecule is CC(C)(c1ccc(F)cc1)c1ccc(OS(=O)(=O)F)cc1. The van der Waals surface area contributed by atoms with Crippen LogP contribution in [0.5, 0.6) is 5.75 Å². The molecule has 0 heterocycles. The predicted molar refractivity (Wildman–Crippen MR) is 75.6 cm³/mol. The lowest BCUT2D eigenvalue weighted by Crippen LogP contribution is -2.18. The third-order valence-electron chi connectivity index (χ3n) is 3.34. The van der Waals surface area contributed by atoms with E-state index in [0.717, 1.165) is 11.1 Å². The number of rotatable bonds is 4. The van der Waals surface area contributed by atoms with Gasteiger partial charge in [0.15, 0.2) is 0 Å². The highest BCUT2D eigenvalue weighted by Crippen LogP contribution is 2.32. The van der Waals surface area contributed by atoms with E-state index in [4.69, 9.17) is 0 Å². The van der Waals surface area contributed by atoms with E-state index in [1.54, 1.807) is 24.3 Å². The molecular weight excluding hydrogens is 298 g/mol. The summed E-state index contributed by atoms with van der Waals surface area (Å²) >= 11 is 0. The van der Waals surface area contributed by atoms with E-state index < -0.39 is 15.9 Å². The van der Waals surface area contributed by atoms with Crippen molar-refractivity contribution < 1.29 is 20.9 Å². The quantitative estimate of drug-likeness (QED) is 0.808. The first-order valence-electron chi connectivity index (χ1n) is 6.19. The molecule has 0 N–H and O–H groups in total. The van der Waals surface area contributed by atoms with Crippen molar-refractivity contribution >= 4 is 10.5 Å². The van der Waals surface area contributed by atoms with E-state index in [1.807, 2.05) is 13.8 Å². The Bertz CT molecular complexity index is 721. The Hall–Kier alpha value is -1.95. The lowest BCUT2D eigenvalue weighted by atomic mass is 9.78. The standard InChI is InChI=1S/C15H14F2O3S/c1-15(2,11-3-7-13(16)8-4-11)12-5-9-14(10-6-12)20-21(17,18)19/h3-10H,1-2H3. The van der Waals surface area contributed by atoms with Gasteiger partial charge in [-0.25, -0.2) is 4.39 Å². The lowest BCUT2D eigenvalue weighted by Gasteiger charge is -2.26. The molecule has 0 radical (unpaired) electrons. The summed E-state index contributed by atoms with van der Waals surface area (Å²) in [5.41, 5.74) is 1.34. The molecule has 0 aromatic heterocycles. The first kappa shape index (κ1) is 15.4. The molecule has 0 amide bonds. The van der Waals surface area contributed by atoms with Crippen molar-refractivity contribution in [3.8, 4) is 5.75 Å². The third-order valence-corrected chi connectivity index (χ3v) is 3.73. The molecule has 0 aliphatic rings. The molecule has 0 atom stereocenters. The molecule has 2 aromatic rings. The molecule has 21 heavy (non-hydrogen) atoms. The summed E-state index contributed by atoms with van der Waals surface area (Å²) in [5, 5.41) is 0. The second-order valence-electron chi connectivity index (χ2n) is 5.13. The minimum absolute atomic E-state index is 0.101. The summed E-state index contributed by atoms with van der Waals surface area (Å²) in [5.74, 6) is -0.414. The monoisotopic (exact) mass is 312 g/mol. The molecule has 2 aromatic carbocycles. The van der Waals surface area contributed by atoms with Gasteiger partial charge in [0.2, 0.25) is 0 Å². The van der Waals surface area contributed by atoms with Gasteiger partial charge >= 0.3 is 10.5 Å². The van der Waals surface area contributed by atoms with Gasteiger partial charge < -0.3 is 4.18 Å². The summed E-state index contributed by atoms with van der Waals surface area (Å²) in [4.78, 5) is 0. The molecule has 112 valence electrons. The van der Waals surface area contributed by atoms with Crippen LogP contribution in [-0.2, 0) is 15.9 Å². The Morgan fingerprint density at radius 3 is 1.76 bits per heavy atom. The van der Waals surface area contributed by atoms with Crippen LogP contribution < -0.4 is 4.18 Å². The molecular formula is C15H14F2O3S. The fraction of sp³-hybridized carbons (Fsp3) is 0.200. The molecule has 0 spiro atoms. The van der Waals surface area contributed by atoms with Gasteiger partial charge in [-0.3, -0.25) is 0 Å². The van der Waals surface area contributed by atoms with E-state index in [-0.39, 0.29) is 11.6 Å². The first-order valence-corrected chi connectivity index (χ1v) is 7.50. The normalized spacial score (nSPS) is 12.2. The Morgan fingerprint density at radius 2 is 1.33 bits per heavy atom. The summed E-state index contributed by atoms with van der Waals surface area (Å²) in [6, 6.07) is 12.2. The first-order chi connectivity index (χ1) is 9.68. The summed E-state index contributed by atoms with van der Waals surface area (Å²) in [6.45, 7) is 3.89. The fourth-order valence-corrected chi connectivity index (χ4v) is 2.42. The number of benzene rings is 2. The van der Waals surface area contributed by atoms with Crippen LogP contribution in [0, 0.1) is 5.82 Å². The highest BCUT2D eigenvalue weighted by molar-refractivity contribution is 7.81. The molecule has 2 rings (SSSR count). The Morgan fingerprint density at radius 1 is 0.905 bits per heavy atom. The lowest BCUT2D eigenvalue weighted by molar-refractivity contribution is 0.440. The van der Waals surface area contributed by atoms with Crippen molar-refractivity contribution in [2.24, 2.45) is 0 Å². The average molecular weight is 312 g/mol. The van der Waals surface area contributed by atoms with Crippen molar-refractivity contribution in [1.29, 1.82) is 0 Å². The second-order valence-corrected chi connectivity index (χ2v) is 6.09. The van der Waals surface area contributed by atoms with Crippen LogP contribution in [0.3, 0.4) is 0 Å². The maximum absolute atomic E-state index is 13.0. The topological polar surface area (TPSA) is 43.4 Å². The number of halogens is 2. The van der Waals surface area contributed by atoms with Crippen molar-refractivity contribution in [2.75, 3.05) is 0 Å². The van der Waals surface area contributed by atoms with E-state index in [2.05, 4.69) is 4.18 Å². The molecule has 0 saturated carbocycles. The van der Waals surface area contributed by atoms with Crippen LogP contribution in [0.15, 0.2) is 48.5 Å². The highest BCUT2D eigenvalue weighted by atomic mass is 32.3. The third kappa shape index (κ3) is 3.78. The van der Waals surface area contributed by atoms with Gasteiger partial charge in [0.25, 0.3) is 0 Å². The zero-order valence-electron chi connectivity index (χ0n) is 11.5. The van der Waals surface area contributed by atoms with Crippen LogP contribution in [0.25, 0.3) is 0 Å². The Kier molecular flexibility index (Phi) is 4.00. The van der Waals surface area contributed by atoms with Crippen molar-refractivity contribution in [2.45, 2.75) is 19.3 Å². The summed E-state index contributed by atoms with van der Waals surface area (Å²) < 4.78 is 50.4. The Balaban J connectivity index is 2.30. The molecule has 0 aliphatic heterocycles. The van der Waals surface area contributed by atoms with Gasteiger partial charge in [0, 0.05) is 5.41 Å². The van der Waals surface area contributed by atoms with Crippen LogP contribution in [0.4, 0.5) is 8.28 Å². The Labute approximate surface area is 122 Å². The molecule has 6 heteroatoms. The highest BCUT2D eigenvalue weighted by Gasteiger charge is 2.23.